The van der Waals surface area contributed by atoms with Gasteiger partial charge < -0.3 is 4.74 Å². The van der Waals surface area contributed by atoms with E-state index in [0.29, 0.717) is 12.5 Å². The molecule has 1 fully saturated rings. The van der Waals surface area contributed by atoms with Crippen molar-refractivity contribution in [2.45, 2.75) is 58.7 Å². The SMILES string of the molecule is C[C@@H]1C[C@@H](C2=NCC(c3ccc(Br)cc3)=N2)N(C(=O)OC(C)(C)C)[C@@H]1C. The molecule has 0 aromatic heterocycles. The van der Waals surface area contributed by atoms with Gasteiger partial charge in [0.2, 0.25) is 0 Å². The second kappa shape index (κ2) is 7.14. The van der Waals surface area contributed by atoms with E-state index in [1.807, 2.05) is 49.9 Å². The molecule has 0 N–H and O–H groups in total. The summed E-state index contributed by atoms with van der Waals surface area (Å²) in [4.78, 5) is 24.0. The minimum Gasteiger partial charge on any atom is -0.444 e. The van der Waals surface area contributed by atoms with Crippen molar-refractivity contribution >= 4 is 33.6 Å². The van der Waals surface area contributed by atoms with Crippen LogP contribution in [-0.2, 0) is 4.74 Å². The second-order valence-corrected chi connectivity index (χ2v) is 9.01. The number of hydrogen-bond acceptors (Lipinski definition) is 4. The van der Waals surface area contributed by atoms with Gasteiger partial charge in [0.15, 0.2) is 0 Å². The topological polar surface area (TPSA) is 54.3 Å². The number of halogens is 1. The van der Waals surface area contributed by atoms with E-state index in [2.05, 4.69) is 34.8 Å². The van der Waals surface area contributed by atoms with Gasteiger partial charge in [0, 0.05) is 10.5 Å². The number of carbonyl (C=O) groups excluding carboxylic acids is 1. The Hall–Kier alpha value is -1.69. The molecule has 0 bridgehead atoms. The number of rotatable bonds is 2. The van der Waals surface area contributed by atoms with E-state index in [0.717, 1.165) is 28.0 Å². The molecule has 2 aliphatic rings. The van der Waals surface area contributed by atoms with Crippen LogP contribution >= 0.6 is 15.9 Å². The first-order valence-electron chi connectivity index (χ1n) is 9.05. The highest BCUT2D eigenvalue weighted by molar-refractivity contribution is 9.10. The first kappa shape index (κ1) is 19.1. The molecule has 1 aromatic carbocycles. The molecule has 3 rings (SSSR count). The Balaban J connectivity index is 1.82. The fraction of sp³-hybridized carbons (Fsp3) is 0.550. The fourth-order valence-corrected chi connectivity index (χ4v) is 3.67. The standard InChI is InChI=1S/C20H26BrN3O2/c1-12-10-17(24(13(12)2)19(25)26-20(3,4)5)18-22-11-16(23-18)14-6-8-15(21)9-7-14/h6-9,12-13,17H,10-11H2,1-5H3/t12-,13-,17+/m1/s1. The smallest absolute Gasteiger partial charge is 0.411 e. The summed E-state index contributed by atoms with van der Waals surface area (Å²) in [6, 6.07) is 8.05. The number of amides is 1. The zero-order valence-corrected chi connectivity index (χ0v) is 17.6. The van der Waals surface area contributed by atoms with Crippen molar-refractivity contribution in [2.24, 2.45) is 15.9 Å². The van der Waals surface area contributed by atoms with Gasteiger partial charge in [0.1, 0.15) is 11.4 Å². The zero-order valence-electron chi connectivity index (χ0n) is 16.0. The van der Waals surface area contributed by atoms with Crippen molar-refractivity contribution in [3.05, 3.63) is 34.3 Å². The van der Waals surface area contributed by atoms with Crippen LogP contribution in [0.2, 0.25) is 0 Å². The Kier molecular flexibility index (Phi) is 5.24. The van der Waals surface area contributed by atoms with Crippen LogP contribution in [0.4, 0.5) is 4.79 Å². The van der Waals surface area contributed by atoms with E-state index in [-0.39, 0.29) is 18.2 Å². The van der Waals surface area contributed by atoms with Gasteiger partial charge in [-0.2, -0.15) is 0 Å². The predicted molar refractivity (Wildman–Crippen MR) is 108 cm³/mol. The first-order chi connectivity index (χ1) is 12.2. The van der Waals surface area contributed by atoms with Crippen molar-refractivity contribution in [3.8, 4) is 0 Å². The number of hydrogen-bond donors (Lipinski definition) is 0. The van der Waals surface area contributed by atoms with Gasteiger partial charge in [0.05, 0.1) is 18.3 Å². The van der Waals surface area contributed by atoms with Crippen LogP contribution in [0.1, 0.15) is 46.6 Å². The van der Waals surface area contributed by atoms with Gasteiger partial charge in [-0.05, 0) is 57.7 Å². The van der Waals surface area contributed by atoms with Crippen molar-refractivity contribution in [1.29, 1.82) is 0 Å². The number of aliphatic imine (C=N–C) groups is 2. The number of nitrogens with zero attached hydrogens (tertiary/aromatic N) is 3. The first-order valence-corrected chi connectivity index (χ1v) is 9.84. The highest BCUT2D eigenvalue weighted by Gasteiger charge is 2.44. The molecular formula is C20H26BrN3O2. The van der Waals surface area contributed by atoms with Crippen LogP contribution < -0.4 is 0 Å². The molecule has 0 radical (unpaired) electrons. The third-order valence-electron chi connectivity index (χ3n) is 4.91. The predicted octanol–water partition coefficient (Wildman–Crippen LogP) is 4.68. The van der Waals surface area contributed by atoms with Gasteiger partial charge in [0.25, 0.3) is 0 Å². The summed E-state index contributed by atoms with van der Waals surface area (Å²) in [5.41, 5.74) is 1.50. The summed E-state index contributed by atoms with van der Waals surface area (Å²) in [6.07, 6.45) is 0.574. The summed E-state index contributed by atoms with van der Waals surface area (Å²) in [5.74, 6) is 1.12. The van der Waals surface area contributed by atoms with Crippen LogP contribution in [-0.4, -0.2) is 46.8 Å². The maximum atomic E-state index is 12.8. The molecule has 0 unspecified atom stereocenters. The van der Waals surface area contributed by atoms with Crippen LogP contribution in [0.25, 0.3) is 0 Å². The van der Waals surface area contributed by atoms with Crippen molar-refractivity contribution < 1.29 is 9.53 Å². The molecule has 140 valence electrons. The van der Waals surface area contributed by atoms with E-state index < -0.39 is 5.60 Å². The van der Waals surface area contributed by atoms with E-state index in [1.165, 1.54) is 0 Å². The number of carbonyl (C=O) groups is 1. The van der Waals surface area contributed by atoms with Crippen LogP contribution in [0.5, 0.6) is 0 Å². The van der Waals surface area contributed by atoms with Crippen molar-refractivity contribution in [1.82, 2.24) is 4.90 Å². The van der Waals surface area contributed by atoms with E-state index in [1.54, 1.807) is 0 Å². The Morgan fingerprint density at radius 1 is 1.23 bits per heavy atom. The molecule has 0 spiro atoms. The summed E-state index contributed by atoms with van der Waals surface area (Å²) in [7, 11) is 0. The van der Waals surface area contributed by atoms with Gasteiger partial charge in [-0.15, -0.1) is 0 Å². The quantitative estimate of drug-likeness (QED) is 0.698. The lowest BCUT2D eigenvalue weighted by Crippen LogP contribution is -2.46. The summed E-state index contributed by atoms with van der Waals surface area (Å²) < 4.78 is 6.67. The number of ether oxygens (including phenoxy) is 1. The van der Waals surface area contributed by atoms with Gasteiger partial charge in [-0.25, -0.2) is 9.79 Å². The van der Waals surface area contributed by atoms with Crippen LogP contribution in [0, 0.1) is 5.92 Å². The third kappa shape index (κ3) is 4.00. The normalized spacial score (nSPS) is 25.9. The van der Waals surface area contributed by atoms with E-state index >= 15 is 0 Å². The lowest BCUT2D eigenvalue weighted by Gasteiger charge is -2.31. The average molecular weight is 420 g/mol. The average Bonchev–Trinajstić information content (AvgIpc) is 3.12. The minimum atomic E-state index is -0.517. The lowest BCUT2D eigenvalue weighted by molar-refractivity contribution is 0.0192. The number of benzene rings is 1. The zero-order chi connectivity index (χ0) is 19.1. The van der Waals surface area contributed by atoms with Gasteiger partial charge >= 0.3 is 6.09 Å². The van der Waals surface area contributed by atoms with Gasteiger partial charge in [-0.1, -0.05) is 35.0 Å². The maximum absolute atomic E-state index is 12.8. The highest BCUT2D eigenvalue weighted by atomic mass is 79.9. The van der Waals surface area contributed by atoms with Crippen molar-refractivity contribution in [2.75, 3.05) is 6.54 Å². The molecule has 2 heterocycles. The molecular weight excluding hydrogens is 394 g/mol. The van der Waals surface area contributed by atoms with Crippen LogP contribution in [0.15, 0.2) is 38.7 Å². The minimum absolute atomic E-state index is 0.101. The summed E-state index contributed by atoms with van der Waals surface area (Å²) in [6.45, 7) is 10.5. The Labute approximate surface area is 163 Å². The molecule has 0 saturated carbocycles. The molecule has 0 aliphatic carbocycles. The molecule has 6 heteroatoms. The molecule has 1 amide bonds. The summed E-state index contributed by atoms with van der Waals surface area (Å²) >= 11 is 3.45. The number of likely N-dealkylation sites (tertiary alicyclic amines) is 1. The lowest BCUT2D eigenvalue weighted by atomic mass is 10.0. The van der Waals surface area contributed by atoms with Crippen LogP contribution in [0.3, 0.4) is 0 Å². The monoisotopic (exact) mass is 419 g/mol. The van der Waals surface area contributed by atoms with Gasteiger partial charge in [-0.3, -0.25) is 9.89 Å². The summed E-state index contributed by atoms with van der Waals surface area (Å²) in [5, 5.41) is 0. The molecule has 3 atom stereocenters. The van der Waals surface area contributed by atoms with E-state index in [9.17, 15) is 4.79 Å². The molecule has 5 nitrogen and oxygen atoms in total. The van der Waals surface area contributed by atoms with E-state index in [4.69, 9.17) is 9.73 Å². The Morgan fingerprint density at radius 3 is 2.50 bits per heavy atom. The molecule has 1 aromatic rings. The molecule has 26 heavy (non-hydrogen) atoms. The second-order valence-electron chi connectivity index (χ2n) is 8.10. The highest BCUT2D eigenvalue weighted by Crippen LogP contribution is 2.33. The molecule has 2 aliphatic heterocycles. The van der Waals surface area contributed by atoms with Crippen molar-refractivity contribution in [3.63, 3.8) is 0 Å². The Morgan fingerprint density at radius 2 is 1.88 bits per heavy atom. The molecule has 1 saturated heterocycles. The third-order valence-corrected chi connectivity index (χ3v) is 5.44. The maximum Gasteiger partial charge on any atom is 0.411 e. The fourth-order valence-electron chi connectivity index (χ4n) is 3.40. The number of amidine groups is 1. The Bertz CT molecular complexity index is 749. The largest absolute Gasteiger partial charge is 0.444 e.